The molecule has 0 amide bonds. The summed E-state index contributed by atoms with van der Waals surface area (Å²) in [5.74, 6) is 0.275. The third kappa shape index (κ3) is 7.29. The van der Waals surface area contributed by atoms with E-state index in [1.807, 2.05) is 107 Å². The Balaban J connectivity index is 1.37. The molecule has 0 aliphatic heterocycles. The van der Waals surface area contributed by atoms with E-state index in [-0.39, 0.29) is 22.4 Å². The van der Waals surface area contributed by atoms with E-state index in [9.17, 15) is 5.11 Å². The Labute approximate surface area is 360 Å². The molecule has 0 radical (unpaired) electrons. The first kappa shape index (κ1) is 23.1. The number of benzene rings is 6. The number of imidazole rings is 1. The summed E-state index contributed by atoms with van der Waals surface area (Å²) in [7, 11) is 0. The van der Waals surface area contributed by atoms with E-state index in [2.05, 4.69) is 4.98 Å². The van der Waals surface area contributed by atoms with Crippen molar-refractivity contribution in [2.24, 2.45) is 0 Å². The van der Waals surface area contributed by atoms with Gasteiger partial charge in [-0.3, -0.25) is 9.55 Å². The van der Waals surface area contributed by atoms with Crippen molar-refractivity contribution in [1.29, 1.82) is 0 Å². The highest BCUT2D eigenvalue weighted by molar-refractivity contribution is 5.97. The molecule has 0 aliphatic carbocycles. The Hall–Kier alpha value is -6.26. The summed E-state index contributed by atoms with van der Waals surface area (Å²) in [4.78, 5) is 9.92. The minimum atomic E-state index is -3.82. The summed E-state index contributed by atoms with van der Waals surface area (Å²) in [5, 5.41) is 11.7. The second kappa shape index (κ2) is 14.4. The van der Waals surface area contributed by atoms with Crippen LogP contribution < -0.4 is 0 Å². The molecule has 0 saturated heterocycles. The third-order valence-corrected chi connectivity index (χ3v) is 10.2. The van der Waals surface area contributed by atoms with Crippen LogP contribution in [0.5, 0.6) is 5.75 Å². The van der Waals surface area contributed by atoms with Crippen molar-refractivity contribution < 1.29 is 27.0 Å². The molecule has 57 heavy (non-hydrogen) atoms. The van der Waals surface area contributed by atoms with Crippen LogP contribution >= 0.6 is 0 Å². The minimum Gasteiger partial charge on any atom is -0.507 e. The predicted molar refractivity (Wildman–Crippen MR) is 239 cm³/mol. The number of phenolic OH excluding ortho intramolecular Hbond substituents is 1. The highest BCUT2D eigenvalue weighted by Crippen LogP contribution is 2.42. The van der Waals surface area contributed by atoms with Crippen LogP contribution in [0.4, 0.5) is 0 Å². The number of nitrogens with zero attached hydrogens (tertiary/aromatic N) is 3. The summed E-state index contributed by atoms with van der Waals surface area (Å²) in [6, 6.07) is 28.7. The number of phenols is 1. The fourth-order valence-corrected chi connectivity index (χ4v) is 7.18. The zero-order chi connectivity index (χ0) is 53.7. The maximum absolute atomic E-state index is 11.7. The van der Waals surface area contributed by atoms with Crippen LogP contribution in [0.15, 0.2) is 140 Å². The molecule has 8 aromatic rings. The zero-order valence-electron chi connectivity index (χ0n) is 48.3. The van der Waals surface area contributed by atoms with Crippen molar-refractivity contribution in [2.45, 2.75) is 72.9 Å². The Morgan fingerprint density at radius 1 is 0.614 bits per heavy atom. The molecule has 4 heteroatoms. The van der Waals surface area contributed by atoms with Gasteiger partial charge in [-0.05, 0) is 136 Å². The van der Waals surface area contributed by atoms with Crippen molar-refractivity contribution in [1.82, 2.24) is 14.5 Å². The van der Waals surface area contributed by atoms with Gasteiger partial charge in [0.05, 0.1) is 33.5 Å². The molecule has 0 aliphatic rings. The number of para-hydroxylation sites is 1. The average Bonchev–Trinajstić information content (AvgIpc) is 3.68. The summed E-state index contributed by atoms with van der Waals surface area (Å²) in [5.41, 5.74) is 2.05. The van der Waals surface area contributed by atoms with E-state index in [1.54, 1.807) is 29.7 Å². The summed E-state index contributed by atoms with van der Waals surface area (Å²) in [6.07, 6.45) is 1.39. The number of hydrogen-bond acceptors (Lipinski definition) is 3. The van der Waals surface area contributed by atoms with Crippen LogP contribution in [0, 0.1) is 20.7 Å². The van der Waals surface area contributed by atoms with Crippen LogP contribution in [0.25, 0.3) is 72.7 Å². The van der Waals surface area contributed by atoms with Crippen molar-refractivity contribution in [3.05, 3.63) is 167 Å². The fourth-order valence-electron chi connectivity index (χ4n) is 7.18. The van der Waals surface area contributed by atoms with Gasteiger partial charge in [-0.1, -0.05) is 126 Å². The standard InChI is InChI=1S/C53H51N3O/c1-33-26-35(3)50(57)45(27-33)51-55-49-44(16-13-17-48(49)56(51)47-23-20-38(28-34(47)2)36-14-11-10-12-15-36)40-29-41(31-43(30-40)53(7,8)9)46-32-39(24-25-54-46)37-18-21-42(22-19-37)52(4,5)6/h10-32,57H,1-9H3/i2D3,4D3,5D3,6D3,18D,19D,21D,22D. The smallest absolute Gasteiger partial charge is 0.149 e. The fraction of sp³-hybridized carbons (Fsp3) is 0.208. The van der Waals surface area contributed by atoms with Crippen LogP contribution in [-0.2, 0) is 10.8 Å². The van der Waals surface area contributed by atoms with Crippen LogP contribution in [0.2, 0.25) is 0 Å². The Morgan fingerprint density at radius 2 is 1.37 bits per heavy atom. The molecule has 2 aromatic heterocycles. The Kier molecular flexibility index (Phi) is 5.81. The zero-order valence-corrected chi connectivity index (χ0v) is 32.3. The summed E-state index contributed by atoms with van der Waals surface area (Å²) >= 11 is 0. The van der Waals surface area contributed by atoms with Gasteiger partial charge in [0.1, 0.15) is 11.6 Å². The minimum absolute atomic E-state index is 0.0226. The lowest BCUT2D eigenvalue weighted by Crippen LogP contribution is -2.11. The second-order valence-corrected chi connectivity index (χ2v) is 15.5. The lowest BCUT2D eigenvalue weighted by molar-refractivity contribution is 0.472. The Morgan fingerprint density at radius 3 is 2.11 bits per heavy atom. The molecule has 6 aromatic carbocycles. The molecule has 8 rings (SSSR count). The highest BCUT2D eigenvalue weighted by atomic mass is 16.3. The van der Waals surface area contributed by atoms with Crippen LogP contribution in [-0.4, -0.2) is 19.6 Å². The van der Waals surface area contributed by atoms with Gasteiger partial charge in [0, 0.05) is 33.8 Å². The number of aromatic hydroxyl groups is 1. The van der Waals surface area contributed by atoms with Gasteiger partial charge in [0.2, 0.25) is 0 Å². The molecule has 0 spiro atoms. The Bertz CT molecular complexity index is 3410. The number of aryl methyl sites for hydroxylation is 3. The van der Waals surface area contributed by atoms with Gasteiger partial charge in [-0.15, -0.1) is 0 Å². The monoisotopic (exact) mass is 762 g/mol. The van der Waals surface area contributed by atoms with E-state index in [0.717, 1.165) is 16.7 Å². The number of pyridine rings is 1. The maximum Gasteiger partial charge on any atom is 0.149 e. The van der Waals surface area contributed by atoms with Gasteiger partial charge in [0.25, 0.3) is 0 Å². The first-order valence-electron chi connectivity index (χ1n) is 26.6. The van der Waals surface area contributed by atoms with Crippen LogP contribution in [0.3, 0.4) is 0 Å². The van der Waals surface area contributed by atoms with E-state index in [0.29, 0.717) is 61.6 Å². The van der Waals surface area contributed by atoms with E-state index >= 15 is 0 Å². The van der Waals surface area contributed by atoms with Crippen LogP contribution in [0.1, 0.15) is 91.1 Å². The van der Waals surface area contributed by atoms with Crippen molar-refractivity contribution >= 4 is 11.0 Å². The summed E-state index contributed by atoms with van der Waals surface area (Å²) in [6.45, 7) is -4.31. The molecular weight excluding hydrogens is 695 g/mol. The largest absolute Gasteiger partial charge is 0.507 e. The lowest BCUT2D eigenvalue weighted by atomic mass is 9.83. The lowest BCUT2D eigenvalue weighted by Gasteiger charge is -2.22. The van der Waals surface area contributed by atoms with Gasteiger partial charge < -0.3 is 5.11 Å². The van der Waals surface area contributed by atoms with Crippen molar-refractivity contribution in [3.8, 4) is 67.5 Å². The van der Waals surface area contributed by atoms with E-state index in [1.165, 1.54) is 18.3 Å². The molecule has 1 N–H and O–H groups in total. The number of hydrogen-bond donors (Lipinski definition) is 1. The summed E-state index contributed by atoms with van der Waals surface area (Å²) < 4.78 is 138. The molecule has 284 valence electrons. The third-order valence-electron chi connectivity index (χ3n) is 10.2. The normalized spacial score (nSPS) is 17.0. The predicted octanol–water partition coefficient (Wildman–Crippen LogP) is 14.0. The van der Waals surface area contributed by atoms with E-state index < -0.39 is 68.0 Å². The first-order valence-corrected chi connectivity index (χ1v) is 18.6. The van der Waals surface area contributed by atoms with Gasteiger partial charge in [0.15, 0.2) is 0 Å². The number of fused-ring (bicyclic) bond motifs is 1. The average molecular weight is 762 g/mol. The first-order chi connectivity index (χ1) is 33.8. The number of aromatic nitrogens is 3. The van der Waals surface area contributed by atoms with Gasteiger partial charge >= 0.3 is 0 Å². The molecule has 0 unspecified atom stereocenters. The van der Waals surface area contributed by atoms with E-state index in [4.69, 9.17) is 26.9 Å². The van der Waals surface area contributed by atoms with Crippen molar-refractivity contribution in [2.75, 3.05) is 0 Å². The molecule has 0 saturated carbocycles. The molecular formula is C53H51N3O. The molecule has 0 bridgehead atoms. The topological polar surface area (TPSA) is 50.9 Å². The SMILES string of the molecule is [2H]c1c([2H])c(C(C([2H])([2H])[2H])(C([2H])([2H])[2H])C([2H])([2H])[2H])c([2H])c([2H])c1-c1ccnc(-c2cc(-c3cccc4c3nc(-c3cc(C)cc(C)c3O)n4-c3ccc(-c4ccccc4)cc3C([2H])([2H])[2H])cc(C(C)(C)C)c2)c1. The molecule has 2 heterocycles. The van der Waals surface area contributed by atoms with Gasteiger partial charge in [-0.2, -0.15) is 0 Å². The van der Waals surface area contributed by atoms with Crippen molar-refractivity contribution in [3.63, 3.8) is 0 Å². The highest BCUT2D eigenvalue weighted by Gasteiger charge is 2.24. The van der Waals surface area contributed by atoms with Gasteiger partial charge in [-0.25, -0.2) is 4.98 Å². The molecule has 0 atom stereocenters. The molecule has 4 nitrogen and oxygen atoms in total. The molecule has 0 fully saturated rings. The number of rotatable bonds is 6. The second-order valence-electron chi connectivity index (χ2n) is 15.5. The maximum atomic E-state index is 11.7. The quantitative estimate of drug-likeness (QED) is 0.184.